The van der Waals surface area contributed by atoms with Gasteiger partial charge in [-0.15, -0.1) is 0 Å². The maximum absolute atomic E-state index is 12.8. The van der Waals surface area contributed by atoms with E-state index < -0.39 is 0 Å². The molecule has 2 atom stereocenters. The van der Waals surface area contributed by atoms with E-state index in [4.69, 9.17) is 0 Å². The molecule has 106 valence electrons. The van der Waals surface area contributed by atoms with Crippen LogP contribution in [0.15, 0.2) is 18.2 Å². The molecule has 2 aliphatic rings. The van der Waals surface area contributed by atoms with E-state index in [0.717, 1.165) is 5.56 Å². The number of aryl methyl sites for hydroxylation is 1. The highest BCUT2D eigenvalue weighted by atomic mass is 16.2. The maximum Gasteiger partial charge on any atom is 0.256 e. The van der Waals surface area contributed by atoms with Crippen molar-refractivity contribution < 1.29 is 9.59 Å². The van der Waals surface area contributed by atoms with Gasteiger partial charge < -0.3 is 15.1 Å². The lowest BCUT2D eigenvalue weighted by atomic mass is 10.1. The number of benzene rings is 1. The Morgan fingerprint density at radius 3 is 2.75 bits per heavy atom. The van der Waals surface area contributed by atoms with Gasteiger partial charge in [-0.2, -0.15) is 0 Å². The van der Waals surface area contributed by atoms with Crippen LogP contribution in [-0.4, -0.2) is 54.3 Å². The summed E-state index contributed by atoms with van der Waals surface area (Å²) in [5.41, 5.74) is 2.17. The summed E-state index contributed by atoms with van der Waals surface area (Å²) < 4.78 is 0. The van der Waals surface area contributed by atoms with Gasteiger partial charge in [0.15, 0.2) is 0 Å². The number of anilines is 1. The second kappa shape index (κ2) is 4.59. The average Bonchev–Trinajstić information content (AvgIpc) is 2.79. The summed E-state index contributed by atoms with van der Waals surface area (Å²) >= 11 is 0. The Balaban J connectivity index is 2.04. The Kier molecular flexibility index (Phi) is 3.01. The highest BCUT2D eigenvalue weighted by Crippen LogP contribution is 2.31. The zero-order valence-corrected chi connectivity index (χ0v) is 12.0. The molecule has 0 bridgehead atoms. The van der Waals surface area contributed by atoms with Gasteiger partial charge in [0.2, 0.25) is 5.91 Å². The lowest BCUT2D eigenvalue weighted by molar-refractivity contribution is -0.119. The molecule has 0 radical (unpaired) electrons. The van der Waals surface area contributed by atoms with E-state index in [1.54, 1.807) is 11.0 Å². The van der Waals surface area contributed by atoms with E-state index in [1.165, 1.54) is 0 Å². The molecular formula is C15H19N3O2. The summed E-state index contributed by atoms with van der Waals surface area (Å²) in [6.45, 7) is 2.51. The molecule has 0 unspecified atom stereocenters. The number of amides is 2. The van der Waals surface area contributed by atoms with Gasteiger partial charge in [0, 0.05) is 12.6 Å². The third-order valence-corrected chi connectivity index (χ3v) is 4.32. The number of carbonyl (C=O) groups is 2. The smallest absolute Gasteiger partial charge is 0.256 e. The number of fused-ring (bicyclic) bond motifs is 2. The van der Waals surface area contributed by atoms with Crippen LogP contribution in [0.25, 0.3) is 0 Å². The molecule has 1 N–H and O–H groups in total. The minimum Gasteiger partial charge on any atom is -0.325 e. The van der Waals surface area contributed by atoms with Crippen molar-refractivity contribution in [3.63, 3.8) is 0 Å². The van der Waals surface area contributed by atoms with Crippen molar-refractivity contribution in [3.05, 3.63) is 29.3 Å². The first kappa shape index (κ1) is 13.1. The fraction of sp³-hybridized carbons (Fsp3) is 0.467. The molecule has 0 spiro atoms. The quantitative estimate of drug-likeness (QED) is 0.833. The van der Waals surface area contributed by atoms with Crippen LogP contribution in [0.5, 0.6) is 0 Å². The Hall–Kier alpha value is -1.88. The van der Waals surface area contributed by atoms with Crippen LogP contribution in [0.3, 0.4) is 0 Å². The molecule has 1 saturated heterocycles. The van der Waals surface area contributed by atoms with Crippen molar-refractivity contribution in [2.45, 2.75) is 25.4 Å². The molecule has 0 aromatic heterocycles. The number of carbonyl (C=O) groups excluding carboxylic acids is 2. The Morgan fingerprint density at radius 2 is 2.05 bits per heavy atom. The molecule has 3 rings (SSSR count). The first-order valence-electron chi connectivity index (χ1n) is 6.87. The van der Waals surface area contributed by atoms with Crippen molar-refractivity contribution >= 4 is 17.5 Å². The standard InChI is InChI=1S/C15H19N3O2/c1-9-5-4-6-11-13(9)15(20)18-8-10(17(2)3)7-12(18)14(19)16-11/h4-6,10,12H,7-8H2,1-3H3,(H,16,19)/t10-,12+/m1/s1. The number of nitrogens with one attached hydrogen (secondary N) is 1. The SMILES string of the molecule is Cc1cccc2c1C(=O)N1C[C@H](N(C)C)C[C@H]1C(=O)N2. The number of nitrogens with zero attached hydrogens (tertiary/aromatic N) is 2. The van der Waals surface area contributed by atoms with Crippen molar-refractivity contribution in [2.75, 3.05) is 26.0 Å². The fourth-order valence-corrected chi connectivity index (χ4v) is 3.08. The molecule has 0 saturated carbocycles. The topological polar surface area (TPSA) is 52.7 Å². The van der Waals surface area contributed by atoms with Crippen LogP contribution in [-0.2, 0) is 4.79 Å². The molecule has 2 heterocycles. The predicted molar refractivity (Wildman–Crippen MR) is 76.7 cm³/mol. The number of likely N-dealkylation sites (N-methyl/N-ethyl adjacent to an activating group) is 1. The van der Waals surface area contributed by atoms with Gasteiger partial charge in [-0.05, 0) is 39.1 Å². The summed E-state index contributed by atoms with van der Waals surface area (Å²) in [6, 6.07) is 5.44. The zero-order valence-electron chi connectivity index (χ0n) is 12.0. The van der Waals surface area contributed by atoms with Gasteiger partial charge in [-0.1, -0.05) is 12.1 Å². The molecule has 2 aliphatic heterocycles. The third kappa shape index (κ3) is 1.89. The highest BCUT2D eigenvalue weighted by molar-refractivity contribution is 6.10. The summed E-state index contributed by atoms with van der Waals surface area (Å²) in [4.78, 5) is 28.9. The number of hydrogen-bond acceptors (Lipinski definition) is 3. The number of hydrogen-bond donors (Lipinski definition) is 1. The van der Waals surface area contributed by atoms with Crippen LogP contribution in [0.1, 0.15) is 22.3 Å². The predicted octanol–water partition coefficient (Wildman–Crippen LogP) is 1.09. The van der Waals surface area contributed by atoms with Crippen molar-refractivity contribution in [3.8, 4) is 0 Å². The lowest BCUT2D eigenvalue weighted by Gasteiger charge is -2.21. The van der Waals surface area contributed by atoms with E-state index >= 15 is 0 Å². The van der Waals surface area contributed by atoms with Crippen LogP contribution < -0.4 is 5.32 Å². The second-order valence-corrected chi connectivity index (χ2v) is 5.81. The maximum atomic E-state index is 12.8. The van der Waals surface area contributed by atoms with E-state index in [-0.39, 0.29) is 23.9 Å². The van der Waals surface area contributed by atoms with Crippen LogP contribution in [0.2, 0.25) is 0 Å². The van der Waals surface area contributed by atoms with E-state index in [1.807, 2.05) is 33.2 Å². The highest BCUT2D eigenvalue weighted by Gasteiger charge is 2.43. The molecule has 2 amide bonds. The van der Waals surface area contributed by atoms with Gasteiger partial charge in [0.1, 0.15) is 6.04 Å². The van der Waals surface area contributed by atoms with E-state index in [2.05, 4.69) is 10.2 Å². The van der Waals surface area contributed by atoms with Gasteiger partial charge in [-0.25, -0.2) is 0 Å². The Bertz CT molecular complexity index is 582. The third-order valence-electron chi connectivity index (χ3n) is 4.32. The van der Waals surface area contributed by atoms with Crippen LogP contribution in [0, 0.1) is 6.92 Å². The molecule has 5 nitrogen and oxygen atoms in total. The van der Waals surface area contributed by atoms with Crippen molar-refractivity contribution in [1.29, 1.82) is 0 Å². The molecule has 1 aromatic carbocycles. The molecule has 5 heteroatoms. The van der Waals surface area contributed by atoms with Gasteiger partial charge in [-0.3, -0.25) is 9.59 Å². The molecule has 0 aliphatic carbocycles. The molecule has 20 heavy (non-hydrogen) atoms. The van der Waals surface area contributed by atoms with Gasteiger partial charge in [0.25, 0.3) is 5.91 Å². The van der Waals surface area contributed by atoms with Gasteiger partial charge in [0.05, 0.1) is 11.3 Å². The zero-order chi connectivity index (χ0) is 14.4. The molecule has 1 fully saturated rings. The van der Waals surface area contributed by atoms with Crippen molar-refractivity contribution in [1.82, 2.24) is 9.80 Å². The number of rotatable bonds is 1. The summed E-state index contributed by atoms with van der Waals surface area (Å²) in [6.07, 6.45) is 0.692. The first-order chi connectivity index (χ1) is 9.49. The molecule has 1 aromatic rings. The minimum atomic E-state index is -0.360. The van der Waals surface area contributed by atoms with E-state index in [0.29, 0.717) is 24.2 Å². The summed E-state index contributed by atoms with van der Waals surface area (Å²) in [5.74, 6) is -0.113. The Morgan fingerprint density at radius 1 is 1.30 bits per heavy atom. The first-order valence-corrected chi connectivity index (χ1v) is 6.87. The van der Waals surface area contributed by atoms with Crippen molar-refractivity contribution in [2.24, 2.45) is 0 Å². The van der Waals surface area contributed by atoms with E-state index in [9.17, 15) is 9.59 Å². The lowest BCUT2D eigenvalue weighted by Crippen LogP contribution is -2.40. The normalized spacial score (nSPS) is 25.3. The van der Waals surface area contributed by atoms with Crippen LogP contribution >= 0.6 is 0 Å². The average molecular weight is 273 g/mol. The largest absolute Gasteiger partial charge is 0.325 e. The van der Waals surface area contributed by atoms with Crippen LogP contribution in [0.4, 0.5) is 5.69 Å². The monoisotopic (exact) mass is 273 g/mol. The summed E-state index contributed by atoms with van der Waals surface area (Å²) in [5, 5.41) is 2.90. The molecular weight excluding hydrogens is 254 g/mol. The minimum absolute atomic E-state index is 0.0363. The fourth-order valence-electron chi connectivity index (χ4n) is 3.08. The van der Waals surface area contributed by atoms with Gasteiger partial charge >= 0.3 is 0 Å². The second-order valence-electron chi connectivity index (χ2n) is 5.81. The Labute approximate surface area is 118 Å². The summed E-state index contributed by atoms with van der Waals surface area (Å²) in [7, 11) is 3.97.